The van der Waals surface area contributed by atoms with Gasteiger partial charge in [0, 0.05) is 19.0 Å². The fourth-order valence-electron chi connectivity index (χ4n) is 4.05. The van der Waals surface area contributed by atoms with Gasteiger partial charge in [0.1, 0.15) is 0 Å². The average molecular weight is 295 g/mol. The molecule has 1 saturated heterocycles. The summed E-state index contributed by atoms with van der Waals surface area (Å²) < 4.78 is 0. The van der Waals surface area contributed by atoms with Crippen LogP contribution in [0.15, 0.2) is 48.5 Å². The van der Waals surface area contributed by atoms with Crippen molar-refractivity contribution in [1.82, 2.24) is 4.90 Å². The number of aliphatic hydroxyl groups is 2. The summed E-state index contributed by atoms with van der Waals surface area (Å²) in [6.07, 6.45) is 0.346. The Labute approximate surface area is 130 Å². The van der Waals surface area contributed by atoms with E-state index in [0.29, 0.717) is 5.92 Å². The van der Waals surface area contributed by atoms with Crippen LogP contribution in [0.2, 0.25) is 0 Å². The SMILES string of the molecule is OCC1C(O)CCN1CC1c2ccccc2-c2ccccc21. The topological polar surface area (TPSA) is 43.7 Å². The molecule has 1 aliphatic heterocycles. The van der Waals surface area contributed by atoms with Gasteiger partial charge >= 0.3 is 0 Å². The molecule has 2 N–H and O–H groups in total. The monoisotopic (exact) mass is 295 g/mol. The van der Waals surface area contributed by atoms with Gasteiger partial charge in [-0.1, -0.05) is 48.5 Å². The molecule has 1 aliphatic carbocycles. The van der Waals surface area contributed by atoms with Crippen molar-refractivity contribution < 1.29 is 10.2 Å². The van der Waals surface area contributed by atoms with E-state index in [1.807, 2.05) is 0 Å². The first-order valence-electron chi connectivity index (χ1n) is 8.01. The van der Waals surface area contributed by atoms with E-state index in [0.717, 1.165) is 19.5 Å². The van der Waals surface area contributed by atoms with Crippen molar-refractivity contribution in [3.05, 3.63) is 59.7 Å². The Morgan fingerprint density at radius 3 is 2.14 bits per heavy atom. The molecule has 2 unspecified atom stereocenters. The summed E-state index contributed by atoms with van der Waals surface area (Å²) in [4.78, 5) is 2.24. The van der Waals surface area contributed by atoms with E-state index in [2.05, 4.69) is 53.4 Å². The second-order valence-electron chi connectivity index (χ2n) is 6.33. The number of likely N-dealkylation sites (tertiary alicyclic amines) is 1. The largest absolute Gasteiger partial charge is 0.395 e. The van der Waals surface area contributed by atoms with Crippen LogP contribution < -0.4 is 0 Å². The molecule has 2 aromatic rings. The number of rotatable bonds is 3. The molecule has 22 heavy (non-hydrogen) atoms. The molecule has 4 rings (SSSR count). The zero-order valence-corrected chi connectivity index (χ0v) is 12.5. The van der Waals surface area contributed by atoms with Crippen LogP contribution >= 0.6 is 0 Å². The maximum atomic E-state index is 10.0. The fraction of sp³-hybridized carbons (Fsp3) is 0.368. The van der Waals surface area contributed by atoms with E-state index in [-0.39, 0.29) is 12.6 Å². The van der Waals surface area contributed by atoms with Gasteiger partial charge in [-0.2, -0.15) is 0 Å². The van der Waals surface area contributed by atoms with Crippen molar-refractivity contribution in [3.8, 4) is 11.1 Å². The third-order valence-corrected chi connectivity index (χ3v) is 5.19. The van der Waals surface area contributed by atoms with Crippen molar-refractivity contribution in [1.29, 1.82) is 0 Å². The van der Waals surface area contributed by atoms with Gasteiger partial charge in [0.05, 0.1) is 18.8 Å². The highest BCUT2D eigenvalue weighted by Crippen LogP contribution is 2.45. The van der Waals surface area contributed by atoms with Crippen molar-refractivity contribution in [3.63, 3.8) is 0 Å². The van der Waals surface area contributed by atoms with Gasteiger partial charge in [0.2, 0.25) is 0 Å². The number of benzene rings is 2. The fourth-order valence-corrected chi connectivity index (χ4v) is 4.05. The lowest BCUT2D eigenvalue weighted by atomic mass is 9.96. The minimum Gasteiger partial charge on any atom is -0.395 e. The molecule has 114 valence electrons. The summed E-state index contributed by atoms with van der Waals surface area (Å²) in [5.41, 5.74) is 5.37. The van der Waals surface area contributed by atoms with E-state index >= 15 is 0 Å². The lowest BCUT2D eigenvalue weighted by molar-refractivity contribution is 0.0703. The second-order valence-corrected chi connectivity index (χ2v) is 6.33. The van der Waals surface area contributed by atoms with Gasteiger partial charge in [0.15, 0.2) is 0 Å². The van der Waals surface area contributed by atoms with Crippen LogP contribution in [0, 0.1) is 0 Å². The Balaban J connectivity index is 1.70. The van der Waals surface area contributed by atoms with Crippen LogP contribution in [0.5, 0.6) is 0 Å². The molecule has 0 saturated carbocycles. The zero-order chi connectivity index (χ0) is 15.1. The highest BCUT2D eigenvalue weighted by atomic mass is 16.3. The Morgan fingerprint density at radius 1 is 0.955 bits per heavy atom. The third kappa shape index (κ3) is 2.09. The molecular weight excluding hydrogens is 274 g/mol. The molecule has 0 bridgehead atoms. The smallest absolute Gasteiger partial charge is 0.0729 e. The van der Waals surface area contributed by atoms with Gasteiger partial charge in [0.25, 0.3) is 0 Å². The van der Waals surface area contributed by atoms with Crippen LogP contribution in [0.4, 0.5) is 0 Å². The molecule has 1 fully saturated rings. The van der Waals surface area contributed by atoms with E-state index in [9.17, 15) is 10.2 Å². The standard InChI is InChI=1S/C19H21NO2/c21-12-18-19(22)9-10-20(18)11-17-15-7-3-1-5-13(15)14-6-2-4-8-16(14)17/h1-8,17-19,21-22H,9-12H2. The average Bonchev–Trinajstić information content (AvgIpc) is 3.07. The van der Waals surface area contributed by atoms with Gasteiger partial charge < -0.3 is 10.2 Å². The molecule has 0 amide bonds. The summed E-state index contributed by atoms with van der Waals surface area (Å²) in [6.45, 7) is 1.74. The molecule has 2 atom stereocenters. The molecule has 3 nitrogen and oxygen atoms in total. The Bertz CT molecular complexity index is 639. The first kappa shape index (κ1) is 13.9. The van der Waals surface area contributed by atoms with Crippen LogP contribution in [-0.2, 0) is 0 Å². The summed E-state index contributed by atoms with van der Waals surface area (Å²) in [5.74, 6) is 0.326. The lowest BCUT2D eigenvalue weighted by Gasteiger charge is -2.28. The third-order valence-electron chi connectivity index (χ3n) is 5.19. The number of nitrogens with zero attached hydrogens (tertiary/aromatic N) is 1. The number of hydrogen-bond acceptors (Lipinski definition) is 3. The quantitative estimate of drug-likeness (QED) is 0.912. The van der Waals surface area contributed by atoms with Gasteiger partial charge in [-0.05, 0) is 28.7 Å². The number of hydrogen-bond donors (Lipinski definition) is 2. The minimum absolute atomic E-state index is 0.0250. The molecule has 0 aromatic heterocycles. The van der Waals surface area contributed by atoms with Crippen molar-refractivity contribution >= 4 is 0 Å². The predicted octanol–water partition coefficient (Wildman–Crippen LogP) is 2.23. The van der Waals surface area contributed by atoms with E-state index in [4.69, 9.17) is 0 Å². The predicted molar refractivity (Wildman–Crippen MR) is 86.8 cm³/mol. The van der Waals surface area contributed by atoms with Gasteiger partial charge in [-0.25, -0.2) is 0 Å². The minimum atomic E-state index is -0.406. The van der Waals surface area contributed by atoms with Gasteiger partial charge in [-0.3, -0.25) is 4.90 Å². The van der Waals surface area contributed by atoms with Crippen LogP contribution in [0.3, 0.4) is 0 Å². The Kier molecular flexibility index (Phi) is 3.49. The molecule has 0 spiro atoms. The van der Waals surface area contributed by atoms with E-state index in [1.165, 1.54) is 22.3 Å². The molecule has 2 aliphatic rings. The molecule has 3 heteroatoms. The molecule has 1 heterocycles. The van der Waals surface area contributed by atoms with E-state index < -0.39 is 6.10 Å². The van der Waals surface area contributed by atoms with E-state index in [1.54, 1.807) is 0 Å². The highest BCUT2D eigenvalue weighted by molar-refractivity contribution is 5.78. The Hall–Kier alpha value is -1.68. The second kappa shape index (κ2) is 5.51. The van der Waals surface area contributed by atoms with Crippen molar-refractivity contribution in [2.75, 3.05) is 19.7 Å². The van der Waals surface area contributed by atoms with Crippen molar-refractivity contribution in [2.24, 2.45) is 0 Å². The summed E-state index contributed by atoms with van der Waals surface area (Å²) in [6, 6.07) is 17.1. The molecule has 0 radical (unpaired) electrons. The molecule has 2 aromatic carbocycles. The molecular formula is C19H21NO2. The van der Waals surface area contributed by atoms with Crippen LogP contribution in [-0.4, -0.2) is 47.0 Å². The van der Waals surface area contributed by atoms with Gasteiger partial charge in [-0.15, -0.1) is 0 Å². The first-order chi connectivity index (χ1) is 10.8. The van der Waals surface area contributed by atoms with Crippen molar-refractivity contribution in [2.45, 2.75) is 24.5 Å². The normalized spacial score (nSPS) is 24.5. The maximum Gasteiger partial charge on any atom is 0.0729 e. The summed E-state index contributed by atoms with van der Waals surface area (Å²) in [5, 5.41) is 19.6. The van der Waals surface area contributed by atoms with Crippen LogP contribution in [0.25, 0.3) is 11.1 Å². The highest BCUT2D eigenvalue weighted by Gasteiger charge is 2.36. The maximum absolute atomic E-state index is 10.0. The summed E-state index contributed by atoms with van der Waals surface area (Å²) in [7, 11) is 0. The lowest BCUT2D eigenvalue weighted by Crippen LogP contribution is -2.40. The summed E-state index contributed by atoms with van der Waals surface area (Å²) >= 11 is 0. The Morgan fingerprint density at radius 2 is 1.55 bits per heavy atom. The zero-order valence-electron chi connectivity index (χ0n) is 12.5. The first-order valence-corrected chi connectivity index (χ1v) is 8.01. The number of aliphatic hydroxyl groups excluding tert-OH is 2. The number of fused-ring (bicyclic) bond motifs is 3. The van der Waals surface area contributed by atoms with Crippen LogP contribution in [0.1, 0.15) is 23.5 Å².